The SMILES string of the molecule is O=C(O)c1cc([N+](=O)[O-])cnc1Oc1ccc(Cl)c(Cl)c1. The van der Waals surface area contributed by atoms with Crippen molar-refractivity contribution in [2.45, 2.75) is 0 Å². The molecule has 21 heavy (non-hydrogen) atoms. The molecule has 0 bridgehead atoms. The van der Waals surface area contributed by atoms with Gasteiger partial charge in [-0.25, -0.2) is 9.78 Å². The molecule has 0 aliphatic heterocycles. The molecule has 0 aliphatic carbocycles. The Labute approximate surface area is 127 Å². The maximum Gasteiger partial charge on any atom is 0.341 e. The molecule has 9 heteroatoms. The number of ether oxygens (including phenoxy) is 1. The number of nitrogens with zero attached hydrogens (tertiary/aromatic N) is 2. The molecule has 0 amide bonds. The lowest BCUT2D eigenvalue weighted by atomic mass is 10.2. The van der Waals surface area contributed by atoms with Crippen molar-refractivity contribution in [2.75, 3.05) is 0 Å². The van der Waals surface area contributed by atoms with Crippen molar-refractivity contribution >= 4 is 34.9 Å². The Bertz CT molecular complexity index is 736. The Morgan fingerprint density at radius 3 is 2.57 bits per heavy atom. The molecule has 0 unspecified atom stereocenters. The quantitative estimate of drug-likeness (QED) is 0.676. The van der Waals surface area contributed by atoms with Crippen LogP contribution in [0.15, 0.2) is 30.5 Å². The first-order valence-corrected chi connectivity index (χ1v) is 6.14. The largest absolute Gasteiger partial charge is 0.477 e. The minimum Gasteiger partial charge on any atom is -0.477 e. The molecule has 0 saturated carbocycles. The van der Waals surface area contributed by atoms with Gasteiger partial charge in [0.1, 0.15) is 17.5 Å². The van der Waals surface area contributed by atoms with Crippen LogP contribution in [-0.2, 0) is 0 Å². The number of pyridine rings is 1. The summed E-state index contributed by atoms with van der Waals surface area (Å²) in [7, 11) is 0. The van der Waals surface area contributed by atoms with Crippen molar-refractivity contribution in [1.29, 1.82) is 0 Å². The summed E-state index contributed by atoms with van der Waals surface area (Å²) in [4.78, 5) is 24.6. The van der Waals surface area contributed by atoms with Crippen molar-refractivity contribution in [3.8, 4) is 11.6 Å². The normalized spacial score (nSPS) is 10.2. The Hall–Kier alpha value is -2.38. The highest BCUT2D eigenvalue weighted by Crippen LogP contribution is 2.31. The van der Waals surface area contributed by atoms with Crippen LogP contribution in [0.2, 0.25) is 10.0 Å². The van der Waals surface area contributed by atoms with Gasteiger partial charge in [0, 0.05) is 12.1 Å². The zero-order valence-electron chi connectivity index (χ0n) is 10.1. The first-order chi connectivity index (χ1) is 9.88. The molecule has 108 valence electrons. The van der Waals surface area contributed by atoms with E-state index in [4.69, 9.17) is 33.0 Å². The predicted octanol–water partition coefficient (Wildman–Crippen LogP) is 3.79. The third-order valence-electron chi connectivity index (χ3n) is 2.38. The minimum absolute atomic E-state index is 0.202. The van der Waals surface area contributed by atoms with Gasteiger partial charge < -0.3 is 9.84 Å². The van der Waals surface area contributed by atoms with Gasteiger partial charge in [0.15, 0.2) is 0 Å². The van der Waals surface area contributed by atoms with Crippen LogP contribution < -0.4 is 4.74 Å². The van der Waals surface area contributed by atoms with Gasteiger partial charge in [0.2, 0.25) is 5.88 Å². The molecule has 7 nitrogen and oxygen atoms in total. The molecular formula is C12H6Cl2N2O5. The van der Waals surface area contributed by atoms with E-state index in [1.165, 1.54) is 18.2 Å². The number of aromatic nitrogens is 1. The van der Waals surface area contributed by atoms with Gasteiger partial charge in [0.05, 0.1) is 15.0 Å². The maximum atomic E-state index is 11.1. The molecule has 2 rings (SSSR count). The topological polar surface area (TPSA) is 103 Å². The summed E-state index contributed by atoms with van der Waals surface area (Å²) in [6, 6.07) is 5.16. The van der Waals surface area contributed by atoms with E-state index in [2.05, 4.69) is 4.98 Å². The van der Waals surface area contributed by atoms with Crippen LogP contribution in [-0.4, -0.2) is 21.0 Å². The highest BCUT2D eigenvalue weighted by atomic mass is 35.5. The molecule has 0 atom stereocenters. The highest BCUT2D eigenvalue weighted by molar-refractivity contribution is 6.42. The fourth-order valence-electron chi connectivity index (χ4n) is 1.43. The Morgan fingerprint density at radius 1 is 1.29 bits per heavy atom. The van der Waals surface area contributed by atoms with E-state index in [1.807, 2.05) is 0 Å². The smallest absolute Gasteiger partial charge is 0.341 e. The molecule has 1 heterocycles. The lowest BCUT2D eigenvalue weighted by molar-refractivity contribution is -0.385. The van der Waals surface area contributed by atoms with E-state index >= 15 is 0 Å². The molecule has 0 spiro atoms. The summed E-state index contributed by atoms with van der Waals surface area (Å²) < 4.78 is 5.28. The van der Waals surface area contributed by atoms with Crippen LogP contribution in [0.1, 0.15) is 10.4 Å². The summed E-state index contributed by atoms with van der Waals surface area (Å²) in [5.41, 5.74) is -0.885. The van der Waals surface area contributed by atoms with Gasteiger partial charge >= 0.3 is 5.97 Å². The zero-order chi connectivity index (χ0) is 15.6. The van der Waals surface area contributed by atoms with Gasteiger partial charge in [-0.3, -0.25) is 10.1 Å². The van der Waals surface area contributed by atoms with E-state index in [-0.39, 0.29) is 16.7 Å². The van der Waals surface area contributed by atoms with E-state index in [9.17, 15) is 14.9 Å². The van der Waals surface area contributed by atoms with Crippen LogP contribution in [0.3, 0.4) is 0 Å². The number of hydrogen-bond acceptors (Lipinski definition) is 5. The second-order valence-corrected chi connectivity index (χ2v) is 4.60. The fourth-order valence-corrected chi connectivity index (χ4v) is 1.72. The third-order valence-corrected chi connectivity index (χ3v) is 3.12. The third kappa shape index (κ3) is 3.39. The average Bonchev–Trinajstić information content (AvgIpc) is 2.43. The second kappa shape index (κ2) is 5.94. The molecule has 1 aromatic heterocycles. The number of aromatic carboxylic acids is 1. The van der Waals surface area contributed by atoms with Crippen LogP contribution in [0, 0.1) is 10.1 Å². The predicted molar refractivity (Wildman–Crippen MR) is 74.4 cm³/mol. The van der Waals surface area contributed by atoms with Crippen molar-refractivity contribution in [3.05, 3.63) is 56.2 Å². The van der Waals surface area contributed by atoms with Crippen LogP contribution in [0.25, 0.3) is 0 Å². The molecule has 0 fully saturated rings. The Kier molecular flexibility index (Phi) is 4.25. The second-order valence-electron chi connectivity index (χ2n) is 3.79. The number of halogens is 2. The first kappa shape index (κ1) is 15.0. The van der Waals surface area contributed by atoms with Gasteiger partial charge in [-0.2, -0.15) is 0 Å². The standard InChI is InChI=1S/C12H6Cl2N2O5/c13-9-2-1-7(4-10(9)14)21-11-8(12(17)18)3-6(5-15-11)16(19)20/h1-5H,(H,17,18). The number of carboxylic acids is 1. The van der Waals surface area contributed by atoms with Crippen LogP contribution in [0.4, 0.5) is 5.69 Å². The Balaban J connectivity index is 2.41. The molecule has 0 radical (unpaired) electrons. The maximum absolute atomic E-state index is 11.1. The summed E-state index contributed by atoms with van der Waals surface area (Å²) in [5, 5.41) is 20.2. The number of hydrogen-bond donors (Lipinski definition) is 1. The Morgan fingerprint density at radius 2 is 2.00 bits per heavy atom. The van der Waals surface area contributed by atoms with E-state index in [0.717, 1.165) is 12.3 Å². The van der Waals surface area contributed by atoms with Crippen molar-refractivity contribution in [1.82, 2.24) is 4.98 Å². The number of nitro groups is 1. The zero-order valence-corrected chi connectivity index (χ0v) is 11.6. The summed E-state index contributed by atoms with van der Waals surface area (Å²) in [5.74, 6) is -1.49. The summed E-state index contributed by atoms with van der Waals surface area (Å²) >= 11 is 11.6. The van der Waals surface area contributed by atoms with E-state index in [0.29, 0.717) is 5.02 Å². The van der Waals surface area contributed by atoms with E-state index < -0.39 is 22.1 Å². The minimum atomic E-state index is -1.40. The molecule has 0 saturated heterocycles. The lowest BCUT2D eigenvalue weighted by Crippen LogP contribution is -2.03. The number of carboxylic acid groups (broad SMARTS) is 1. The van der Waals surface area contributed by atoms with Crippen molar-refractivity contribution < 1.29 is 19.6 Å². The molecular weight excluding hydrogens is 323 g/mol. The summed E-state index contributed by atoms with van der Waals surface area (Å²) in [6.45, 7) is 0. The average molecular weight is 329 g/mol. The fraction of sp³-hybridized carbons (Fsp3) is 0. The van der Waals surface area contributed by atoms with Crippen molar-refractivity contribution in [3.63, 3.8) is 0 Å². The number of carbonyl (C=O) groups is 1. The monoisotopic (exact) mass is 328 g/mol. The van der Waals surface area contributed by atoms with Gasteiger partial charge in [-0.1, -0.05) is 23.2 Å². The van der Waals surface area contributed by atoms with E-state index in [1.54, 1.807) is 0 Å². The van der Waals surface area contributed by atoms with Crippen LogP contribution >= 0.6 is 23.2 Å². The molecule has 0 aliphatic rings. The van der Waals surface area contributed by atoms with Crippen LogP contribution in [0.5, 0.6) is 11.6 Å². The molecule has 1 aromatic carbocycles. The number of benzene rings is 1. The molecule has 2 aromatic rings. The molecule has 1 N–H and O–H groups in total. The number of rotatable bonds is 4. The van der Waals surface area contributed by atoms with Gasteiger partial charge in [0.25, 0.3) is 5.69 Å². The van der Waals surface area contributed by atoms with Gasteiger partial charge in [-0.15, -0.1) is 0 Å². The summed E-state index contributed by atoms with van der Waals surface area (Å²) in [6.07, 6.45) is 0.902. The van der Waals surface area contributed by atoms with Crippen molar-refractivity contribution in [2.24, 2.45) is 0 Å². The highest BCUT2D eigenvalue weighted by Gasteiger charge is 2.19. The van der Waals surface area contributed by atoms with Gasteiger partial charge in [-0.05, 0) is 12.1 Å². The lowest BCUT2D eigenvalue weighted by Gasteiger charge is -2.08. The first-order valence-electron chi connectivity index (χ1n) is 5.39.